The second-order valence-electron chi connectivity index (χ2n) is 7.31. The van der Waals surface area contributed by atoms with Crippen molar-refractivity contribution in [3.05, 3.63) is 0 Å². The lowest BCUT2D eigenvalue weighted by molar-refractivity contribution is 0.0185. The molecule has 1 saturated carbocycles. The van der Waals surface area contributed by atoms with Gasteiger partial charge in [-0.1, -0.05) is 19.8 Å². The molecule has 3 fully saturated rings. The third kappa shape index (κ3) is 4.65. The van der Waals surface area contributed by atoms with Crippen LogP contribution in [0.15, 0.2) is 0 Å². The molecule has 2 heterocycles. The van der Waals surface area contributed by atoms with Crippen molar-refractivity contribution in [2.24, 2.45) is 5.92 Å². The Labute approximate surface area is 130 Å². The fourth-order valence-corrected chi connectivity index (χ4v) is 4.30. The lowest BCUT2D eigenvalue weighted by atomic mass is 9.87. The predicted molar refractivity (Wildman–Crippen MR) is 86.7 cm³/mol. The molecule has 0 aromatic carbocycles. The summed E-state index contributed by atoms with van der Waals surface area (Å²) in [6.07, 6.45) is 6.98. The number of morpholine rings is 1. The highest BCUT2D eigenvalue weighted by Gasteiger charge is 2.28. The molecule has 21 heavy (non-hydrogen) atoms. The van der Waals surface area contributed by atoms with Crippen molar-refractivity contribution in [3.63, 3.8) is 0 Å². The molecule has 0 spiro atoms. The van der Waals surface area contributed by atoms with Gasteiger partial charge in [0.2, 0.25) is 0 Å². The quantitative estimate of drug-likeness (QED) is 0.833. The zero-order valence-corrected chi connectivity index (χ0v) is 13.7. The van der Waals surface area contributed by atoms with Crippen LogP contribution in [-0.2, 0) is 4.74 Å². The van der Waals surface area contributed by atoms with Crippen LogP contribution in [0.4, 0.5) is 0 Å². The number of nitrogens with one attached hydrogen (secondary N) is 1. The number of ether oxygens (including phenoxy) is 1. The van der Waals surface area contributed by atoms with E-state index >= 15 is 0 Å². The van der Waals surface area contributed by atoms with Gasteiger partial charge in [-0.2, -0.15) is 0 Å². The Bertz CT molecular complexity index is 306. The Balaban J connectivity index is 1.31. The first-order chi connectivity index (χ1) is 10.3. The third-order valence-corrected chi connectivity index (χ3v) is 5.61. The smallest absolute Gasteiger partial charge is 0.0594 e. The Hall–Kier alpha value is -0.160. The molecule has 2 saturated heterocycles. The average molecular weight is 295 g/mol. The van der Waals surface area contributed by atoms with E-state index in [1.165, 1.54) is 58.3 Å². The summed E-state index contributed by atoms with van der Waals surface area (Å²) in [5, 5.41) is 3.80. The maximum Gasteiger partial charge on any atom is 0.0594 e. The van der Waals surface area contributed by atoms with Crippen LogP contribution < -0.4 is 5.32 Å². The van der Waals surface area contributed by atoms with E-state index in [0.717, 1.165) is 44.3 Å². The van der Waals surface area contributed by atoms with Crippen LogP contribution >= 0.6 is 0 Å². The van der Waals surface area contributed by atoms with Gasteiger partial charge in [0.25, 0.3) is 0 Å². The Morgan fingerprint density at radius 1 is 1.10 bits per heavy atom. The molecular formula is C17H33N3O. The Morgan fingerprint density at radius 2 is 1.95 bits per heavy atom. The first-order valence-electron chi connectivity index (χ1n) is 9.09. The van der Waals surface area contributed by atoms with Crippen molar-refractivity contribution in [2.45, 2.75) is 51.1 Å². The van der Waals surface area contributed by atoms with Crippen molar-refractivity contribution in [1.82, 2.24) is 15.1 Å². The topological polar surface area (TPSA) is 27.7 Å². The van der Waals surface area contributed by atoms with E-state index in [1.807, 2.05) is 0 Å². The van der Waals surface area contributed by atoms with Crippen molar-refractivity contribution >= 4 is 0 Å². The van der Waals surface area contributed by atoms with Gasteiger partial charge < -0.3 is 15.0 Å². The minimum absolute atomic E-state index is 0.781. The van der Waals surface area contributed by atoms with Crippen LogP contribution in [0.2, 0.25) is 0 Å². The zero-order valence-electron chi connectivity index (χ0n) is 13.7. The van der Waals surface area contributed by atoms with E-state index < -0.39 is 0 Å². The molecule has 1 aliphatic carbocycles. The van der Waals surface area contributed by atoms with Gasteiger partial charge in [-0.25, -0.2) is 0 Å². The zero-order chi connectivity index (χ0) is 14.5. The normalized spacial score (nSPS) is 36.1. The molecular weight excluding hydrogens is 262 g/mol. The Kier molecular flexibility index (Phi) is 5.92. The van der Waals surface area contributed by atoms with E-state index in [-0.39, 0.29) is 0 Å². The highest BCUT2D eigenvalue weighted by atomic mass is 16.5. The van der Waals surface area contributed by atoms with E-state index in [1.54, 1.807) is 0 Å². The Morgan fingerprint density at radius 3 is 2.76 bits per heavy atom. The maximum absolute atomic E-state index is 5.46. The van der Waals surface area contributed by atoms with Crippen LogP contribution in [0.5, 0.6) is 0 Å². The second-order valence-corrected chi connectivity index (χ2v) is 7.31. The largest absolute Gasteiger partial charge is 0.379 e. The van der Waals surface area contributed by atoms with E-state index in [9.17, 15) is 0 Å². The molecule has 3 rings (SSSR count). The summed E-state index contributed by atoms with van der Waals surface area (Å²) in [5.41, 5.74) is 0. The van der Waals surface area contributed by atoms with Crippen molar-refractivity contribution in [1.29, 1.82) is 0 Å². The second kappa shape index (κ2) is 7.91. The first kappa shape index (κ1) is 15.7. The average Bonchev–Trinajstić information content (AvgIpc) is 2.97. The molecule has 4 nitrogen and oxygen atoms in total. The van der Waals surface area contributed by atoms with Crippen molar-refractivity contribution in [2.75, 3.05) is 52.5 Å². The number of nitrogens with zero attached hydrogens (tertiary/aromatic N) is 2. The van der Waals surface area contributed by atoms with Gasteiger partial charge in [0.1, 0.15) is 0 Å². The van der Waals surface area contributed by atoms with E-state index in [0.29, 0.717) is 0 Å². The molecule has 2 aliphatic heterocycles. The fraction of sp³-hybridized carbons (Fsp3) is 1.00. The van der Waals surface area contributed by atoms with Gasteiger partial charge in [0.05, 0.1) is 13.2 Å². The lowest BCUT2D eigenvalue weighted by Gasteiger charge is -2.32. The number of likely N-dealkylation sites (tertiary alicyclic amines) is 1. The lowest BCUT2D eigenvalue weighted by Crippen LogP contribution is -2.45. The summed E-state index contributed by atoms with van der Waals surface area (Å²) in [6, 6.07) is 1.56. The molecule has 3 unspecified atom stereocenters. The third-order valence-electron chi connectivity index (χ3n) is 5.61. The van der Waals surface area contributed by atoms with Crippen LogP contribution in [0, 0.1) is 5.92 Å². The monoisotopic (exact) mass is 295 g/mol. The highest BCUT2D eigenvalue weighted by molar-refractivity contribution is 4.85. The van der Waals surface area contributed by atoms with Gasteiger partial charge in [0, 0.05) is 44.8 Å². The van der Waals surface area contributed by atoms with Gasteiger partial charge in [0.15, 0.2) is 0 Å². The maximum atomic E-state index is 5.46. The molecule has 0 radical (unpaired) electrons. The molecule has 0 aromatic rings. The molecule has 0 amide bonds. The predicted octanol–water partition coefficient (Wildman–Crippen LogP) is 1.56. The number of rotatable bonds is 5. The summed E-state index contributed by atoms with van der Waals surface area (Å²) < 4.78 is 5.46. The van der Waals surface area contributed by atoms with Gasteiger partial charge in [-0.3, -0.25) is 4.90 Å². The molecule has 1 N–H and O–H groups in total. The molecule has 3 aliphatic rings. The van der Waals surface area contributed by atoms with Crippen molar-refractivity contribution < 1.29 is 4.74 Å². The standard InChI is InChI=1S/C17H33N3O/c1-15-3-2-4-16(13-15)18-6-8-19-7-5-17(14-19)20-9-11-21-12-10-20/h15-18H,2-14H2,1H3. The van der Waals surface area contributed by atoms with Crippen LogP contribution in [-0.4, -0.2) is 74.4 Å². The summed E-state index contributed by atoms with van der Waals surface area (Å²) >= 11 is 0. The summed E-state index contributed by atoms with van der Waals surface area (Å²) in [7, 11) is 0. The summed E-state index contributed by atoms with van der Waals surface area (Å²) in [5.74, 6) is 0.925. The molecule has 122 valence electrons. The van der Waals surface area contributed by atoms with Crippen molar-refractivity contribution in [3.8, 4) is 0 Å². The first-order valence-corrected chi connectivity index (χ1v) is 9.09. The molecule has 4 heteroatoms. The molecule has 3 atom stereocenters. The van der Waals surface area contributed by atoms with Crippen LogP contribution in [0.1, 0.15) is 39.0 Å². The molecule has 0 aromatic heterocycles. The minimum atomic E-state index is 0.781. The van der Waals surface area contributed by atoms with E-state index in [2.05, 4.69) is 22.0 Å². The summed E-state index contributed by atoms with van der Waals surface area (Å²) in [6.45, 7) is 11.5. The van der Waals surface area contributed by atoms with Gasteiger partial charge in [-0.15, -0.1) is 0 Å². The van der Waals surface area contributed by atoms with Gasteiger partial charge in [-0.05, 0) is 31.7 Å². The van der Waals surface area contributed by atoms with Crippen LogP contribution in [0.25, 0.3) is 0 Å². The fourth-order valence-electron chi connectivity index (χ4n) is 4.30. The van der Waals surface area contributed by atoms with E-state index in [4.69, 9.17) is 4.74 Å². The van der Waals surface area contributed by atoms with Crippen LogP contribution in [0.3, 0.4) is 0 Å². The minimum Gasteiger partial charge on any atom is -0.379 e. The molecule has 0 bridgehead atoms. The SMILES string of the molecule is CC1CCCC(NCCN2CCC(N3CCOCC3)C2)C1. The highest BCUT2D eigenvalue weighted by Crippen LogP contribution is 2.23. The number of hydrogen-bond acceptors (Lipinski definition) is 4. The van der Waals surface area contributed by atoms with Gasteiger partial charge >= 0.3 is 0 Å². The number of hydrogen-bond donors (Lipinski definition) is 1. The summed E-state index contributed by atoms with van der Waals surface area (Å²) in [4.78, 5) is 5.29.